The number of nitrogens with one attached hydrogen (secondary N) is 1. The predicted molar refractivity (Wildman–Crippen MR) is 107 cm³/mol. The van der Waals surface area contributed by atoms with Crippen LogP contribution in [0.2, 0.25) is 0 Å². The minimum atomic E-state index is -1.14. The highest BCUT2D eigenvalue weighted by atomic mass is 32.1. The summed E-state index contributed by atoms with van der Waals surface area (Å²) >= 11 is 1.49. The fourth-order valence-corrected chi connectivity index (χ4v) is 4.04. The predicted octanol–water partition coefficient (Wildman–Crippen LogP) is 3.79. The molecule has 1 unspecified atom stereocenters. The Morgan fingerprint density at radius 1 is 1.14 bits per heavy atom. The van der Waals surface area contributed by atoms with Crippen LogP contribution in [0.15, 0.2) is 60.0 Å². The Kier molecular flexibility index (Phi) is 4.60. The van der Waals surface area contributed by atoms with Gasteiger partial charge in [-0.3, -0.25) is 9.69 Å². The van der Waals surface area contributed by atoms with Crippen LogP contribution in [-0.2, 0) is 16.9 Å². The highest BCUT2D eigenvalue weighted by Gasteiger charge is 2.49. The van der Waals surface area contributed by atoms with E-state index in [-0.39, 0.29) is 12.5 Å². The van der Waals surface area contributed by atoms with E-state index in [1.165, 1.54) is 16.2 Å². The largest absolute Gasteiger partial charge is 0.497 e. The molecule has 7 heteroatoms. The number of nitrogens with zero attached hydrogens (tertiary/aromatic N) is 2. The second kappa shape index (κ2) is 7.09. The summed E-state index contributed by atoms with van der Waals surface area (Å²) in [6.07, 6.45) is 0. The number of rotatable bonds is 5. The number of carbonyl (C=O) groups excluding carboxylic acids is 2. The number of amides is 3. The SMILES string of the molecule is COc1cccc(C2(C)NC(=O)N(Cc3csc(-c4ccccc4)n3)C2=O)c1. The minimum Gasteiger partial charge on any atom is -0.497 e. The van der Waals surface area contributed by atoms with E-state index in [4.69, 9.17) is 4.74 Å². The van der Waals surface area contributed by atoms with Gasteiger partial charge in [0.2, 0.25) is 0 Å². The van der Waals surface area contributed by atoms with Gasteiger partial charge < -0.3 is 10.1 Å². The molecule has 2 aromatic carbocycles. The molecule has 3 aromatic rings. The molecule has 1 aromatic heterocycles. The summed E-state index contributed by atoms with van der Waals surface area (Å²) in [5.74, 6) is 0.325. The molecule has 1 aliphatic heterocycles. The third-order valence-electron chi connectivity index (χ3n) is 4.81. The summed E-state index contributed by atoms with van der Waals surface area (Å²) in [5, 5.41) is 5.55. The summed E-state index contributed by atoms with van der Waals surface area (Å²) in [6.45, 7) is 1.84. The van der Waals surface area contributed by atoms with Crippen LogP contribution in [0.3, 0.4) is 0 Å². The number of urea groups is 1. The molecule has 0 aliphatic carbocycles. The summed E-state index contributed by atoms with van der Waals surface area (Å²) < 4.78 is 5.24. The van der Waals surface area contributed by atoms with Crippen molar-refractivity contribution < 1.29 is 14.3 Å². The molecule has 3 amide bonds. The number of aromatic nitrogens is 1. The third kappa shape index (κ3) is 3.14. The van der Waals surface area contributed by atoms with Gasteiger partial charge in [-0.25, -0.2) is 9.78 Å². The van der Waals surface area contributed by atoms with Gasteiger partial charge in [-0.15, -0.1) is 11.3 Å². The van der Waals surface area contributed by atoms with Crippen LogP contribution < -0.4 is 10.1 Å². The summed E-state index contributed by atoms with van der Waals surface area (Å²) in [4.78, 5) is 31.4. The van der Waals surface area contributed by atoms with E-state index >= 15 is 0 Å². The Balaban J connectivity index is 1.57. The van der Waals surface area contributed by atoms with Crippen molar-refractivity contribution in [2.24, 2.45) is 0 Å². The number of benzene rings is 2. The third-order valence-corrected chi connectivity index (χ3v) is 5.75. The molecular weight excluding hydrogens is 374 g/mol. The van der Waals surface area contributed by atoms with Gasteiger partial charge in [0.1, 0.15) is 16.3 Å². The second-order valence-electron chi connectivity index (χ2n) is 6.69. The monoisotopic (exact) mass is 393 g/mol. The zero-order valence-corrected chi connectivity index (χ0v) is 16.3. The van der Waals surface area contributed by atoms with Gasteiger partial charge in [-0.1, -0.05) is 42.5 Å². The molecule has 6 nitrogen and oxygen atoms in total. The highest BCUT2D eigenvalue weighted by molar-refractivity contribution is 7.13. The van der Waals surface area contributed by atoms with Crippen molar-refractivity contribution in [3.8, 4) is 16.3 Å². The molecule has 0 saturated carbocycles. The number of hydrogen-bond acceptors (Lipinski definition) is 5. The first-order chi connectivity index (χ1) is 13.5. The topological polar surface area (TPSA) is 71.5 Å². The fraction of sp³-hybridized carbons (Fsp3) is 0.190. The molecule has 1 atom stereocenters. The van der Waals surface area contributed by atoms with Gasteiger partial charge in [0.05, 0.1) is 19.3 Å². The quantitative estimate of drug-likeness (QED) is 0.670. The van der Waals surface area contributed by atoms with Gasteiger partial charge >= 0.3 is 6.03 Å². The number of imide groups is 1. The lowest BCUT2D eigenvalue weighted by Gasteiger charge is -2.22. The van der Waals surface area contributed by atoms with E-state index < -0.39 is 11.6 Å². The van der Waals surface area contributed by atoms with Crippen molar-refractivity contribution >= 4 is 23.3 Å². The molecule has 1 saturated heterocycles. The van der Waals surface area contributed by atoms with Gasteiger partial charge in [-0.2, -0.15) is 0 Å². The van der Waals surface area contributed by atoms with E-state index in [1.54, 1.807) is 38.3 Å². The van der Waals surface area contributed by atoms with Gasteiger partial charge in [0.15, 0.2) is 0 Å². The minimum absolute atomic E-state index is 0.132. The average molecular weight is 393 g/mol. The lowest BCUT2D eigenvalue weighted by Crippen LogP contribution is -2.40. The Morgan fingerprint density at radius 3 is 2.68 bits per heavy atom. The van der Waals surface area contributed by atoms with Crippen LogP contribution in [0.4, 0.5) is 4.79 Å². The number of ether oxygens (including phenoxy) is 1. The van der Waals surface area contributed by atoms with Crippen molar-refractivity contribution in [1.29, 1.82) is 0 Å². The van der Waals surface area contributed by atoms with Crippen molar-refractivity contribution in [2.45, 2.75) is 19.0 Å². The molecule has 4 rings (SSSR count). The number of thiazole rings is 1. The summed E-state index contributed by atoms with van der Waals surface area (Å²) in [5.41, 5.74) is 1.24. The van der Waals surface area contributed by atoms with Gasteiger partial charge in [0, 0.05) is 10.9 Å². The molecule has 1 N–H and O–H groups in total. The van der Waals surface area contributed by atoms with Crippen molar-refractivity contribution in [2.75, 3.05) is 7.11 Å². The van der Waals surface area contributed by atoms with Crippen LogP contribution in [0.1, 0.15) is 18.2 Å². The lowest BCUT2D eigenvalue weighted by atomic mass is 9.92. The molecule has 142 valence electrons. The lowest BCUT2D eigenvalue weighted by molar-refractivity contribution is -0.131. The van der Waals surface area contributed by atoms with E-state index in [9.17, 15) is 9.59 Å². The molecule has 1 fully saturated rings. The van der Waals surface area contributed by atoms with Crippen LogP contribution in [0.5, 0.6) is 5.75 Å². The summed E-state index contributed by atoms with van der Waals surface area (Å²) in [6, 6.07) is 16.6. The number of hydrogen-bond donors (Lipinski definition) is 1. The first-order valence-corrected chi connectivity index (χ1v) is 9.68. The van der Waals surface area contributed by atoms with Crippen molar-refractivity contribution in [1.82, 2.24) is 15.2 Å². The Hall–Kier alpha value is -3.19. The number of methoxy groups -OCH3 is 1. The van der Waals surface area contributed by atoms with E-state index in [2.05, 4.69) is 10.3 Å². The van der Waals surface area contributed by atoms with Crippen LogP contribution in [0, 0.1) is 0 Å². The van der Waals surface area contributed by atoms with Crippen molar-refractivity contribution in [3.63, 3.8) is 0 Å². The zero-order chi connectivity index (χ0) is 19.7. The summed E-state index contributed by atoms with van der Waals surface area (Å²) in [7, 11) is 1.56. The second-order valence-corrected chi connectivity index (χ2v) is 7.55. The highest BCUT2D eigenvalue weighted by Crippen LogP contribution is 2.32. The molecule has 1 aliphatic rings. The molecule has 0 spiro atoms. The first kappa shape index (κ1) is 18.2. The van der Waals surface area contributed by atoms with Gasteiger partial charge in [0.25, 0.3) is 5.91 Å². The molecular formula is C21H19N3O3S. The molecule has 2 heterocycles. The zero-order valence-electron chi connectivity index (χ0n) is 15.5. The number of carbonyl (C=O) groups is 2. The maximum atomic E-state index is 13.1. The standard InChI is InChI=1S/C21H19N3O3S/c1-21(15-9-6-10-17(11-15)27-2)19(25)24(20(26)23-21)12-16-13-28-18(22-16)14-7-4-3-5-8-14/h3-11,13H,12H2,1-2H3,(H,23,26). The Bertz CT molecular complexity index is 1030. The first-order valence-electron chi connectivity index (χ1n) is 8.80. The van der Waals surface area contributed by atoms with Crippen LogP contribution in [-0.4, -0.2) is 28.9 Å². The maximum Gasteiger partial charge on any atom is 0.325 e. The normalized spacial score (nSPS) is 19.0. The maximum absolute atomic E-state index is 13.1. The van der Waals surface area contributed by atoms with Crippen molar-refractivity contribution in [3.05, 3.63) is 71.2 Å². The van der Waals surface area contributed by atoms with Crippen LogP contribution in [0.25, 0.3) is 10.6 Å². The van der Waals surface area contributed by atoms with E-state index in [0.29, 0.717) is 17.0 Å². The average Bonchev–Trinajstić information content (AvgIpc) is 3.28. The Labute approximate surface area is 166 Å². The van der Waals surface area contributed by atoms with Crippen LogP contribution >= 0.6 is 11.3 Å². The molecule has 0 radical (unpaired) electrons. The van der Waals surface area contributed by atoms with E-state index in [1.807, 2.05) is 35.7 Å². The molecule has 0 bridgehead atoms. The smallest absolute Gasteiger partial charge is 0.325 e. The van der Waals surface area contributed by atoms with Gasteiger partial charge in [-0.05, 0) is 24.6 Å². The molecule has 28 heavy (non-hydrogen) atoms. The fourth-order valence-electron chi connectivity index (χ4n) is 3.23. The Morgan fingerprint density at radius 2 is 1.93 bits per heavy atom. The van der Waals surface area contributed by atoms with E-state index in [0.717, 1.165) is 10.6 Å².